The summed E-state index contributed by atoms with van der Waals surface area (Å²) in [5, 5.41) is 23.1. The van der Waals surface area contributed by atoms with Gasteiger partial charge in [0.05, 0.1) is 6.54 Å². The number of carboxylic acid groups (broad SMARTS) is 1. The first-order valence-electron chi connectivity index (χ1n) is 7.77. The normalized spacial score (nSPS) is 17.9. The fourth-order valence-electron chi connectivity index (χ4n) is 3.05. The van der Waals surface area contributed by atoms with E-state index in [1.807, 2.05) is 0 Å². The van der Waals surface area contributed by atoms with Gasteiger partial charge in [0.25, 0.3) is 0 Å². The van der Waals surface area contributed by atoms with Gasteiger partial charge in [0, 0.05) is 23.4 Å². The van der Waals surface area contributed by atoms with Crippen LogP contribution in [-0.4, -0.2) is 30.3 Å². The van der Waals surface area contributed by atoms with E-state index < -0.39 is 22.5 Å². The highest BCUT2D eigenvalue weighted by molar-refractivity contribution is 8.13. The van der Waals surface area contributed by atoms with Crippen LogP contribution >= 0.6 is 11.8 Å². The van der Waals surface area contributed by atoms with Crippen LogP contribution in [0.15, 0.2) is 29.7 Å². The second kappa shape index (κ2) is 6.72. The lowest BCUT2D eigenvalue weighted by atomic mass is 9.79. The molecule has 2 N–H and O–H groups in total. The lowest BCUT2D eigenvalue weighted by molar-refractivity contribution is -0.0490. The number of hydrogen-bond acceptors (Lipinski definition) is 5. The highest BCUT2D eigenvalue weighted by atomic mass is 32.2. The van der Waals surface area contributed by atoms with E-state index in [1.54, 1.807) is 6.92 Å². The first kappa shape index (κ1) is 17.8. The molecule has 0 saturated heterocycles. The van der Waals surface area contributed by atoms with E-state index in [0.717, 1.165) is 25.0 Å². The van der Waals surface area contributed by atoms with Gasteiger partial charge in [0.15, 0.2) is 5.16 Å². The van der Waals surface area contributed by atoms with Crippen molar-refractivity contribution in [1.29, 1.82) is 0 Å². The predicted octanol–water partition coefficient (Wildman–Crippen LogP) is 3.26. The van der Waals surface area contributed by atoms with E-state index in [2.05, 4.69) is 10.1 Å². The van der Waals surface area contributed by atoms with Crippen LogP contribution in [-0.2, 0) is 12.1 Å². The Kier molecular flexibility index (Phi) is 4.79. The Morgan fingerprint density at radius 1 is 1.48 bits per heavy atom. The molecule has 25 heavy (non-hydrogen) atoms. The van der Waals surface area contributed by atoms with E-state index in [-0.39, 0.29) is 29.1 Å². The maximum Gasteiger partial charge on any atom is 0.372 e. The Morgan fingerprint density at radius 2 is 2.20 bits per heavy atom. The smallest absolute Gasteiger partial charge is 0.372 e. The van der Waals surface area contributed by atoms with Crippen molar-refractivity contribution >= 4 is 17.1 Å². The SMILES string of the molecule is CC(C1CC1)C(O)(Cn1ncnc1SC(=O)O)c1ccc(F)cc1F. The summed E-state index contributed by atoms with van der Waals surface area (Å²) in [7, 11) is 0. The minimum atomic E-state index is -1.67. The fourth-order valence-corrected chi connectivity index (χ4v) is 3.52. The molecule has 0 aliphatic heterocycles. The van der Waals surface area contributed by atoms with Crippen molar-refractivity contribution in [2.75, 3.05) is 0 Å². The Balaban J connectivity index is 2.00. The van der Waals surface area contributed by atoms with Gasteiger partial charge in [0.2, 0.25) is 0 Å². The largest absolute Gasteiger partial charge is 0.473 e. The molecule has 134 valence electrons. The molecule has 2 atom stereocenters. The Bertz CT molecular complexity index is 797. The van der Waals surface area contributed by atoms with Gasteiger partial charge in [-0.05, 0) is 30.7 Å². The summed E-state index contributed by atoms with van der Waals surface area (Å²) >= 11 is 0.451. The van der Waals surface area contributed by atoms with Crippen LogP contribution < -0.4 is 0 Å². The summed E-state index contributed by atoms with van der Waals surface area (Å²) in [6.07, 6.45) is 3.01. The first-order valence-corrected chi connectivity index (χ1v) is 8.59. The maximum absolute atomic E-state index is 14.4. The van der Waals surface area contributed by atoms with Gasteiger partial charge in [0.1, 0.15) is 23.6 Å². The molecule has 1 saturated carbocycles. The van der Waals surface area contributed by atoms with Crippen LogP contribution in [0.3, 0.4) is 0 Å². The zero-order valence-corrected chi connectivity index (χ0v) is 14.2. The molecule has 1 aliphatic rings. The van der Waals surface area contributed by atoms with Gasteiger partial charge >= 0.3 is 5.30 Å². The third-order valence-electron chi connectivity index (χ3n) is 4.63. The maximum atomic E-state index is 14.4. The average molecular weight is 369 g/mol. The quantitative estimate of drug-likeness (QED) is 0.760. The standard InChI is InChI=1S/C16H17F2N3O3S/c1-9(10-2-3-10)16(24,12-5-4-11(17)6-13(12)18)7-21-14(19-8-20-21)25-15(22)23/h4-6,8-10,24H,2-3,7H2,1H3,(H,22,23). The van der Waals surface area contributed by atoms with Crippen molar-refractivity contribution in [3.63, 3.8) is 0 Å². The molecule has 2 aromatic rings. The van der Waals surface area contributed by atoms with Crippen LogP contribution in [0, 0.1) is 23.5 Å². The van der Waals surface area contributed by atoms with Gasteiger partial charge in [-0.25, -0.2) is 23.2 Å². The fraction of sp³-hybridized carbons (Fsp3) is 0.438. The number of nitrogens with zero attached hydrogens (tertiary/aromatic N) is 3. The van der Waals surface area contributed by atoms with Gasteiger partial charge in [-0.3, -0.25) is 0 Å². The minimum Gasteiger partial charge on any atom is -0.473 e. The van der Waals surface area contributed by atoms with E-state index in [1.165, 1.54) is 17.1 Å². The highest BCUT2D eigenvalue weighted by Gasteiger charge is 2.46. The average Bonchev–Trinajstić information content (AvgIpc) is 3.29. The molecule has 0 spiro atoms. The number of aromatic nitrogens is 3. The molecule has 9 heteroatoms. The van der Waals surface area contributed by atoms with Gasteiger partial charge < -0.3 is 10.2 Å². The molecule has 0 radical (unpaired) electrons. The molecule has 1 aliphatic carbocycles. The number of thioether (sulfide) groups is 1. The lowest BCUT2D eigenvalue weighted by Gasteiger charge is -2.35. The molecule has 1 aromatic heterocycles. The van der Waals surface area contributed by atoms with Gasteiger partial charge in [-0.15, -0.1) is 0 Å². The number of benzene rings is 1. The predicted molar refractivity (Wildman–Crippen MR) is 86.0 cm³/mol. The summed E-state index contributed by atoms with van der Waals surface area (Å²) in [5.74, 6) is -1.68. The topological polar surface area (TPSA) is 88.2 Å². The first-order chi connectivity index (χ1) is 11.8. The van der Waals surface area contributed by atoms with Crippen molar-refractivity contribution in [2.45, 2.75) is 37.1 Å². The number of aliphatic hydroxyl groups is 1. The highest BCUT2D eigenvalue weighted by Crippen LogP contribution is 2.47. The summed E-state index contributed by atoms with van der Waals surface area (Å²) in [6.45, 7) is 1.63. The van der Waals surface area contributed by atoms with Crippen molar-refractivity contribution < 1.29 is 23.8 Å². The molecule has 2 unspecified atom stereocenters. The molecular formula is C16H17F2N3O3S. The Labute approximate surface area is 146 Å². The van der Waals surface area contributed by atoms with Crippen molar-refractivity contribution in [3.05, 3.63) is 41.7 Å². The number of hydrogen-bond donors (Lipinski definition) is 2. The van der Waals surface area contributed by atoms with Gasteiger partial charge in [-0.1, -0.05) is 13.0 Å². The summed E-state index contributed by atoms with van der Waals surface area (Å²) in [4.78, 5) is 14.8. The molecule has 1 fully saturated rings. The molecule has 6 nitrogen and oxygen atoms in total. The number of carbonyl (C=O) groups is 1. The third kappa shape index (κ3) is 3.67. The second-order valence-electron chi connectivity index (χ2n) is 6.24. The zero-order valence-electron chi connectivity index (χ0n) is 13.4. The lowest BCUT2D eigenvalue weighted by Crippen LogP contribution is -2.40. The third-order valence-corrected chi connectivity index (χ3v) is 5.30. The van der Waals surface area contributed by atoms with Crippen LogP contribution in [0.2, 0.25) is 0 Å². The summed E-state index contributed by atoms with van der Waals surface area (Å²) in [5.41, 5.74) is -1.70. The molecule has 1 heterocycles. The minimum absolute atomic E-state index is 0.0323. The van der Waals surface area contributed by atoms with Crippen LogP contribution in [0.25, 0.3) is 0 Å². The van der Waals surface area contributed by atoms with Gasteiger partial charge in [-0.2, -0.15) is 5.10 Å². The van der Waals surface area contributed by atoms with E-state index >= 15 is 0 Å². The van der Waals surface area contributed by atoms with Crippen LogP contribution in [0.4, 0.5) is 13.6 Å². The molecular weight excluding hydrogens is 352 g/mol. The number of halogens is 2. The second-order valence-corrected chi connectivity index (χ2v) is 7.16. The summed E-state index contributed by atoms with van der Waals surface area (Å²) in [6, 6.07) is 3.05. The van der Waals surface area contributed by atoms with E-state index in [0.29, 0.717) is 11.8 Å². The van der Waals surface area contributed by atoms with Crippen molar-refractivity contribution in [2.24, 2.45) is 11.8 Å². The summed E-state index contributed by atoms with van der Waals surface area (Å²) < 4.78 is 28.9. The van der Waals surface area contributed by atoms with Crippen molar-refractivity contribution in [3.8, 4) is 0 Å². The number of rotatable bonds is 6. The monoisotopic (exact) mass is 369 g/mol. The van der Waals surface area contributed by atoms with E-state index in [4.69, 9.17) is 5.11 Å². The Hall–Kier alpha value is -2.00. The van der Waals surface area contributed by atoms with E-state index in [9.17, 15) is 18.7 Å². The van der Waals surface area contributed by atoms with Crippen LogP contribution in [0.1, 0.15) is 25.3 Å². The molecule has 3 rings (SSSR count). The van der Waals surface area contributed by atoms with Crippen molar-refractivity contribution in [1.82, 2.24) is 14.8 Å². The Morgan fingerprint density at radius 3 is 2.80 bits per heavy atom. The van der Waals surface area contributed by atoms with Crippen LogP contribution in [0.5, 0.6) is 0 Å². The zero-order chi connectivity index (χ0) is 18.2. The molecule has 0 amide bonds. The molecule has 1 aromatic carbocycles. The molecule has 0 bridgehead atoms.